The van der Waals surface area contributed by atoms with Crippen molar-refractivity contribution >= 4 is 34.8 Å². The van der Waals surface area contributed by atoms with E-state index in [0.29, 0.717) is 17.0 Å². The SMILES string of the molecule is C=C(CO)Oc1ccccc1/N=N/c1ccc(NC(=O)CNC(=O)c2ccccc2)nc1N. The fraction of sp³-hybridized carbons (Fsp3) is 0.0870. The number of nitrogens with one attached hydrogen (secondary N) is 2. The van der Waals surface area contributed by atoms with E-state index >= 15 is 0 Å². The summed E-state index contributed by atoms with van der Waals surface area (Å²) in [5.41, 5.74) is 7.07. The van der Waals surface area contributed by atoms with Crippen LogP contribution in [0.2, 0.25) is 0 Å². The van der Waals surface area contributed by atoms with Crippen LogP contribution in [0.4, 0.5) is 23.0 Å². The number of carbonyl (C=O) groups excluding carboxylic acids is 2. The molecular weight excluding hydrogens is 424 g/mol. The molecule has 10 nitrogen and oxygen atoms in total. The maximum Gasteiger partial charge on any atom is 0.251 e. The first kappa shape index (κ1) is 23.1. The first-order chi connectivity index (χ1) is 16.0. The number of azo groups is 1. The molecule has 0 fully saturated rings. The highest BCUT2D eigenvalue weighted by molar-refractivity contribution is 5.99. The van der Waals surface area contributed by atoms with Crippen molar-refractivity contribution in [1.29, 1.82) is 0 Å². The second kappa shape index (κ2) is 11.2. The quantitative estimate of drug-likeness (QED) is 0.292. The summed E-state index contributed by atoms with van der Waals surface area (Å²) in [5, 5.41) is 22.4. The number of nitrogen functional groups attached to an aromatic ring is 1. The van der Waals surface area contributed by atoms with Crippen molar-refractivity contribution in [2.24, 2.45) is 10.2 Å². The minimum Gasteiger partial charge on any atom is -0.458 e. The molecule has 5 N–H and O–H groups in total. The van der Waals surface area contributed by atoms with Crippen LogP contribution < -0.4 is 21.1 Å². The van der Waals surface area contributed by atoms with Gasteiger partial charge < -0.3 is 26.2 Å². The number of ether oxygens (including phenoxy) is 1. The Hall–Kier alpha value is -4.57. The van der Waals surface area contributed by atoms with Gasteiger partial charge in [0, 0.05) is 5.56 Å². The molecular formula is C23H22N6O4. The van der Waals surface area contributed by atoms with Gasteiger partial charge in [0.25, 0.3) is 5.91 Å². The van der Waals surface area contributed by atoms with Crippen LogP contribution in [-0.4, -0.2) is 35.1 Å². The molecule has 33 heavy (non-hydrogen) atoms. The second-order valence-corrected chi connectivity index (χ2v) is 6.66. The van der Waals surface area contributed by atoms with Crippen LogP contribution in [0.1, 0.15) is 10.4 Å². The van der Waals surface area contributed by atoms with Gasteiger partial charge in [0.2, 0.25) is 5.91 Å². The summed E-state index contributed by atoms with van der Waals surface area (Å²) in [6.45, 7) is 3.02. The standard InChI is InChI=1S/C23H22N6O4/c1-15(14-30)33-19-10-6-5-9-17(19)28-29-18-11-12-20(27-22(18)24)26-21(31)13-25-23(32)16-7-3-2-4-8-16/h2-12,30H,1,13-14H2,(H,25,32)(H3,24,26,27,31)/b29-28+. The molecule has 1 aromatic heterocycles. The molecule has 2 amide bonds. The number of amides is 2. The largest absolute Gasteiger partial charge is 0.458 e. The molecule has 0 saturated carbocycles. The normalized spacial score (nSPS) is 10.6. The van der Waals surface area contributed by atoms with Crippen LogP contribution in [0.15, 0.2) is 89.3 Å². The first-order valence-corrected chi connectivity index (χ1v) is 9.83. The van der Waals surface area contributed by atoms with Gasteiger partial charge in [-0.25, -0.2) is 4.98 Å². The molecule has 0 bridgehead atoms. The van der Waals surface area contributed by atoms with Crippen LogP contribution in [-0.2, 0) is 4.79 Å². The van der Waals surface area contributed by atoms with E-state index < -0.39 is 5.91 Å². The van der Waals surface area contributed by atoms with E-state index in [0.717, 1.165) is 0 Å². The molecule has 0 aliphatic heterocycles. The van der Waals surface area contributed by atoms with Gasteiger partial charge in [-0.2, -0.15) is 0 Å². The molecule has 0 radical (unpaired) electrons. The second-order valence-electron chi connectivity index (χ2n) is 6.66. The van der Waals surface area contributed by atoms with Crippen molar-refractivity contribution in [2.45, 2.75) is 0 Å². The number of para-hydroxylation sites is 1. The number of aliphatic hydroxyl groups is 1. The third kappa shape index (κ3) is 6.71. The number of anilines is 2. The number of aliphatic hydroxyl groups excluding tert-OH is 1. The predicted octanol–water partition coefficient (Wildman–Crippen LogP) is 3.33. The Balaban J connectivity index is 1.60. The fourth-order valence-electron chi connectivity index (χ4n) is 2.58. The van der Waals surface area contributed by atoms with Crippen LogP contribution in [0.3, 0.4) is 0 Å². The molecule has 0 spiro atoms. The molecule has 1 heterocycles. The van der Waals surface area contributed by atoms with Crippen molar-refractivity contribution < 1.29 is 19.4 Å². The van der Waals surface area contributed by atoms with Crippen molar-refractivity contribution in [3.63, 3.8) is 0 Å². The van der Waals surface area contributed by atoms with Crippen molar-refractivity contribution in [3.8, 4) is 5.75 Å². The summed E-state index contributed by atoms with van der Waals surface area (Å²) in [5.74, 6) is -0.0415. The zero-order chi connectivity index (χ0) is 23.6. The van der Waals surface area contributed by atoms with Gasteiger partial charge in [-0.1, -0.05) is 36.9 Å². The molecule has 0 unspecified atom stereocenters. The number of aromatic nitrogens is 1. The van der Waals surface area contributed by atoms with E-state index in [4.69, 9.17) is 15.6 Å². The number of pyridine rings is 1. The number of nitrogens with zero attached hydrogens (tertiary/aromatic N) is 3. The maximum absolute atomic E-state index is 12.1. The molecule has 3 rings (SSSR count). The summed E-state index contributed by atoms with van der Waals surface area (Å²) >= 11 is 0. The average molecular weight is 446 g/mol. The lowest BCUT2D eigenvalue weighted by Gasteiger charge is -2.09. The van der Waals surface area contributed by atoms with E-state index in [2.05, 4.69) is 32.4 Å². The number of rotatable bonds is 9. The van der Waals surface area contributed by atoms with Gasteiger partial charge in [0.1, 0.15) is 29.6 Å². The Morgan fingerprint density at radius 2 is 1.70 bits per heavy atom. The van der Waals surface area contributed by atoms with Crippen molar-refractivity contribution in [1.82, 2.24) is 10.3 Å². The molecule has 168 valence electrons. The number of nitrogens with two attached hydrogens (primary N) is 1. The molecule has 3 aromatic rings. The number of hydrogen-bond donors (Lipinski definition) is 4. The summed E-state index contributed by atoms with van der Waals surface area (Å²) in [6.07, 6.45) is 0. The maximum atomic E-state index is 12.1. The lowest BCUT2D eigenvalue weighted by atomic mass is 10.2. The van der Waals surface area contributed by atoms with Gasteiger partial charge in [-0.3, -0.25) is 9.59 Å². The lowest BCUT2D eigenvalue weighted by molar-refractivity contribution is -0.115. The first-order valence-electron chi connectivity index (χ1n) is 9.83. The zero-order valence-corrected chi connectivity index (χ0v) is 17.6. The van der Waals surface area contributed by atoms with Crippen molar-refractivity contribution in [2.75, 3.05) is 24.2 Å². The molecule has 0 atom stereocenters. The van der Waals surface area contributed by atoms with Gasteiger partial charge >= 0.3 is 0 Å². The van der Waals surface area contributed by atoms with Gasteiger partial charge in [0.15, 0.2) is 11.6 Å². The van der Waals surface area contributed by atoms with Crippen LogP contribution >= 0.6 is 0 Å². The summed E-state index contributed by atoms with van der Waals surface area (Å²) in [4.78, 5) is 28.2. The molecule has 0 aliphatic carbocycles. The summed E-state index contributed by atoms with van der Waals surface area (Å²) < 4.78 is 5.42. The third-order valence-electron chi connectivity index (χ3n) is 4.18. The van der Waals surface area contributed by atoms with Crippen LogP contribution in [0.5, 0.6) is 5.75 Å². The van der Waals surface area contributed by atoms with E-state index in [1.165, 1.54) is 6.07 Å². The van der Waals surface area contributed by atoms with E-state index in [1.54, 1.807) is 60.7 Å². The van der Waals surface area contributed by atoms with E-state index in [1.807, 2.05) is 0 Å². The average Bonchev–Trinajstić information content (AvgIpc) is 2.83. The number of carbonyl (C=O) groups is 2. The topological polar surface area (TPSA) is 151 Å². The number of benzene rings is 2. The van der Waals surface area contributed by atoms with E-state index in [-0.39, 0.29) is 42.1 Å². The summed E-state index contributed by atoms with van der Waals surface area (Å²) in [7, 11) is 0. The van der Waals surface area contributed by atoms with Crippen LogP contribution in [0.25, 0.3) is 0 Å². The third-order valence-corrected chi connectivity index (χ3v) is 4.18. The molecule has 0 aliphatic rings. The fourth-order valence-corrected chi connectivity index (χ4v) is 2.58. The smallest absolute Gasteiger partial charge is 0.251 e. The minimum atomic E-state index is -0.462. The van der Waals surface area contributed by atoms with Crippen molar-refractivity contribution in [3.05, 3.63) is 84.6 Å². The highest BCUT2D eigenvalue weighted by atomic mass is 16.5. The minimum absolute atomic E-state index is 0.0445. The van der Waals surface area contributed by atoms with Crippen LogP contribution in [0, 0.1) is 0 Å². The van der Waals surface area contributed by atoms with Gasteiger partial charge in [-0.15, -0.1) is 10.2 Å². The number of hydrogen-bond acceptors (Lipinski definition) is 8. The predicted molar refractivity (Wildman–Crippen MR) is 124 cm³/mol. The Morgan fingerprint density at radius 3 is 2.42 bits per heavy atom. The highest BCUT2D eigenvalue weighted by Crippen LogP contribution is 2.31. The van der Waals surface area contributed by atoms with E-state index in [9.17, 15) is 9.59 Å². The monoisotopic (exact) mass is 446 g/mol. The Bertz CT molecular complexity index is 1180. The Morgan fingerprint density at radius 1 is 1.00 bits per heavy atom. The molecule has 10 heteroatoms. The molecule has 0 saturated heterocycles. The van der Waals surface area contributed by atoms with Gasteiger partial charge in [-0.05, 0) is 36.4 Å². The molecule has 2 aromatic carbocycles. The van der Waals surface area contributed by atoms with Gasteiger partial charge in [0.05, 0.1) is 6.54 Å². The highest BCUT2D eigenvalue weighted by Gasteiger charge is 2.10. The lowest BCUT2D eigenvalue weighted by Crippen LogP contribution is -2.33. The summed E-state index contributed by atoms with van der Waals surface area (Å²) in [6, 6.07) is 18.4. The Labute approximate surface area is 189 Å². The zero-order valence-electron chi connectivity index (χ0n) is 17.6. The Kier molecular flexibility index (Phi) is 7.81.